The van der Waals surface area contributed by atoms with Gasteiger partial charge < -0.3 is 4.90 Å². The number of nitrogens with zero attached hydrogens (tertiary/aromatic N) is 1. The maximum atomic E-state index is 12.0. The van der Waals surface area contributed by atoms with Crippen molar-refractivity contribution in [2.75, 3.05) is 13.6 Å². The number of hydrogen-bond donors (Lipinski definition) is 0. The van der Waals surface area contributed by atoms with Gasteiger partial charge in [-0.05, 0) is 30.6 Å². The molecule has 2 fully saturated rings. The highest BCUT2D eigenvalue weighted by Crippen LogP contribution is 2.52. The van der Waals surface area contributed by atoms with Crippen LogP contribution in [-0.2, 0) is 4.79 Å². The van der Waals surface area contributed by atoms with Gasteiger partial charge in [-0.1, -0.05) is 29.8 Å². The highest BCUT2D eigenvalue weighted by atomic mass is 79.9. The van der Waals surface area contributed by atoms with Crippen molar-refractivity contribution in [2.45, 2.75) is 37.9 Å². The number of hydrogen-bond acceptors (Lipinski definition) is 1. The number of halogens is 1. The van der Waals surface area contributed by atoms with Crippen LogP contribution >= 0.6 is 15.9 Å². The molecule has 1 amide bonds. The minimum Gasteiger partial charge on any atom is -0.345 e. The van der Waals surface area contributed by atoms with E-state index in [1.165, 1.54) is 12.8 Å². The Morgan fingerprint density at radius 2 is 2.00 bits per heavy atom. The molecule has 0 spiro atoms. The Hall–Kier alpha value is -0.0500. The molecule has 86 valence electrons. The highest BCUT2D eigenvalue weighted by molar-refractivity contribution is 9.09. The fourth-order valence-corrected chi connectivity index (χ4v) is 3.49. The van der Waals surface area contributed by atoms with Gasteiger partial charge in [0.2, 0.25) is 5.91 Å². The summed E-state index contributed by atoms with van der Waals surface area (Å²) in [6, 6.07) is 0. The number of rotatable bonds is 3. The summed E-state index contributed by atoms with van der Waals surface area (Å²) >= 11 is 3.58. The molecule has 3 heteroatoms. The van der Waals surface area contributed by atoms with Gasteiger partial charge in [-0.3, -0.25) is 4.79 Å². The molecule has 0 heterocycles. The lowest BCUT2D eigenvalue weighted by atomic mass is 9.85. The summed E-state index contributed by atoms with van der Waals surface area (Å²) in [5.41, 5.74) is 0.267. The van der Waals surface area contributed by atoms with Crippen LogP contribution in [0.4, 0.5) is 0 Å². The van der Waals surface area contributed by atoms with Crippen molar-refractivity contribution >= 4 is 21.8 Å². The lowest BCUT2D eigenvalue weighted by Crippen LogP contribution is -2.38. The van der Waals surface area contributed by atoms with Crippen molar-refractivity contribution in [1.29, 1.82) is 0 Å². The Bertz CT molecular complexity index is 271. The van der Waals surface area contributed by atoms with E-state index in [9.17, 15) is 4.79 Å². The Balaban J connectivity index is 1.76. The first-order chi connectivity index (χ1) is 6.90. The second-order valence-corrected chi connectivity index (χ2v) is 7.19. The third-order valence-corrected chi connectivity index (χ3v) is 4.65. The Kier molecular flexibility index (Phi) is 2.87. The Morgan fingerprint density at radius 3 is 2.40 bits per heavy atom. The lowest BCUT2D eigenvalue weighted by molar-refractivity contribution is -0.132. The molecule has 0 aliphatic heterocycles. The minimum absolute atomic E-state index is 0.267. The fraction of sp³-hybridized carbons (Fsp3) is 0.917. The van der Waals surface area contributed by atoms with Gasteiger partial charge in [-0.25, -0.2) is 0 Å². The SMILES string of the molecule is CN(CC1CC(Br)C1)C(=O)C1CC1(C)C. The zero-order valence-corrected chi connectivity index (χ0v) is 11.4. The van der Waals surface area contributed by atoms with Crippen LogP contribution in [0, 0.1) is 17.3 Å². The summed E-state index contributed by atoms with van der Waals surface area (Å²) in [4.78, 5) is 14.6. The molecule has 1 unspecified atom stereocenters. The van der Waals surface area contributed by atoms with Crippen molar-refractivity contribution in [1.82, 2.24) is 4.90 Å². The molecule has 0 aromatic heterocycles. The number of amides is 1. The molecule has 0 aromatic rings. The van der Waals surface area contributed by atoms with Crippen LogP contribution in [0.3, 0.4) is 0 Å². The maximum Gasteiger partial charge on any atom is 0.225 e. The van der Waals surface area contributed by atoms with Gasteiger partial charge in [0.05, 0.1) is 0 Å². The van der Waals surface area contributed by atoms with E-state index in [0.29, 0.717) is 16.7 Å². The summed E-state index contributed by atoms with van der Waals surface area (Å²) in [5.74, 6) is 1.38. The summed E-state index contributed by atoms with van der Waals surface area (Å²) in [7, 11) is 1.96. The van der Waals surface area contributed by atoms with Crippen LogP contribution in [0.1, 0.15) is 33.1 Å². The Morgan fingerprint density at radius 1 is 1.47 bits per heavy atom. The van der Waals surface area contributed by atoms with Crippen molar-refractivity contribution in [3.05, 3.63) is 0 Å². The van der Waals surface area contributed by atoms with Crippen LogP contribution < -0.4 is 0 Å². The second kappa shape index (κ2) is 3.76. The summed E-state index contributed by atoms with van der Waals surface area (Å²) in [6.45, 7) is 5.32. The zero-order chi connectivity index (χ0) is 11.2. The van der Waals surface area contributed by atoms with Gasteiger partial charge in [-0.2, -0.15) is 0 Å². The third-order valence-electron chi connectivity index (χ3n) is 3.90. The van der Waals surface area contributed by atoms with E-state index in [1.807, 2.05) is 11.9 Å². The van der Waals surface area contributed by atoms with Gasteiger partial charge in [0, 0.05) is 24.3 Å². The molecule has 0 N–H and O–H groups in total. The minimum atomic E-state index is 0.267. The molecule has 2 saturated carbocycles. The van der Waals surface area contributed by atoms with Crippen LogP contribution in [0.2, 0.25) is 0 Å². The molecule has 15 heavy (non-hydrogen) atoms. The predicted molar refractivity (Wildman–Crippen MR) is 65.0 cm³/mol. The van der Waals surface area contributed by atoms with Gasteiger partial charge in [0.15, 0.2) is 0 Å². The quantitative estimate of drug-likeness (QED) is 0.724. The van der Waals surface area contributed by atoms with E-state index >= 15 is 0 Å². The van der Waals surface area contributed by atoms with Gasteiger partial charge in [0.25, 0.3) is 0 Å². The van der Waals surface area contributed by atoms with E-state index in [1.54, 1.807) is 0 Å². The molecule has 2 aliphatic carbocycles. The van der Waals surface area contributed by atoms with E-state index in [4.69, 9.17) is 0 Å². The summed E-state index contributed by atoms with van der Waals surface area (Å²) < 4.78 is 0. The summed E-state index contributed by atoms with van der Waals surface area (Å²) in [6.07, 6.45) is 3.53. The van der Waals surface area contributed by atoms with Crippen molar-refractivity contribution in [2.24, 2.45) is 17.3 Å². The molecule has 0 saturated heterocycles. The van der Waals surface area contributed by atoms with E-state index in [0.717, 1.165) is 18.9 Å². The summed E-state index contributed by atoms with van der Waals surface area (Å²) in [5, 5.41) is 0. The van der Waals surface area contributed by atoms with Crippen LogP contribution in [0.25, 0.3) is 0 Å². The molecule has 0 radical (unpaired) electrons. The zero-order valence-electron chi connectivity index (χ0n) is 9.79. The van der Waals surface area contributed by atoms with Gasteiger partial charge >= 0.3 is 0 Å². The number of carbonyl (C=O) groups is 1. The van der Waals surface area contributed by atoms with E-state index < -0.39 is 0 Å². The first kappa shape index (κ1) is 11.4. The monoisotopic (exact) mass is 273 g/mol. The largest absolute Gasteiger partial charge is 0.345 e. The topological polar surface area (TPSA) is 20.3 Å². The average Bonchev–Trinajstić information content (AvgIpc) is 2.71. The molecule has 0 aromatic carbocycles. The molecular weight excluding hydrogens is 254 g/mol. The maximum absolute atomic E-state index is 12.0. The first-order valence-corrected chi connectivity index (χ1v) is 6.71. The van der Waals surface area contributed by atoms with Crippen molar-refractivity contribution < 1.29 is 4.79 Å². The predicted octanol–water partition coefficient (Wildman–Crippen LogP) is 2.66. The van der Waals surface area contributed by atoms with Gasteiger partial charge in [0.1, 0.15) is 0 Å². The molecular formula is C12H20BrNO. The highest BCUT2D eigenvalue weighted by Gasteiger charge is 2.51. The fourth-order valence-electron chi connectivity index (χ4n) is 2.44. The number of carbonyl (C=O) groups excluding carboxylic acids is 1. The molecule has 0 bridgehead atoms. The third kappa shape index (κ3) is 2.38. The van der Waals surface area contributed by atoms with Crippen LogP contribution in [-0.4, -0.2) is 29.2 Å². The van der Waals surface area contributed by atoms with Gasteiger partial charge in [-0.15, -0.1) is 0 Å². The molecule has 2 aliphatic rings. The standard InChI is InChI=1S/C12H20BrNO/c1-12(2)6-10(12)11(15)14(3)7-8-4-9(13)5-8/h8-10H,4-7H2,1-3H3. The van der Waals surface area contributed by atoms with Crippen LogP contribution in [0.5, 0.6) is 0 Å². The first-order valence-electron chi connectivity index (χ1n) is 5.79. The smallest absolute Gasteiger partial charge is 0.225 e. The van der Waals surface area contributed by atoms with Crippen LogP contribution in [0.15, 0.2) is 0 Å². The molecule has 2 nitrogen and oxygen atoms in total. The number of alkyl halides is 1. The Labute approximate surface area is 101 Å². The molecule has 2 rings (SSSR count). The van der Waals surface area contributed by atoms with E-state index in [2.05, 4.69) is 29.8 Å². The van der Waals surface area contributed by atoms with E-state index in [-0.39, 0.29) is 5.41 Å². The normalized spacial score (nSPS) is 36.9. The van der Waals surface area contributed by atoms with Crippen molar-refractivity contribution in [3.8, 4) is 0 Å². The second-order valence-electron chi connectivity index (χ2n) is 5.90. The molecule has 1 atom stereocenters. The van der Waals surface area contributed by atoms with Crippen molar-refractivity contribution in [3.63, 3.8) is 0 Å². The lowest BCUT2D eigenvalue weighted by Gasteiger charge is -2.34. The average molecular weight is 274 g/mol.